The Kier molecular flexibility index (Phi) is 4.40. The van der Waals surface area contributed by atoms with Gasteiger partial charge in [0.2, 0.25) is 5.91 Å². The second kappa shape index (κ2) is 7.01. The van der Waals surface area contributed by atoms with E-state index in [2.05, 4.69) is 43.0 Å². The summed E-state index contributed by atoms with van der Waals surface area (Å²) in [5.41, 5.74) is 5.32. The first-order chi connectivity index (χ1) is 12.7. The lowest BCUT2D eigenvalue weighted by Crippen LogP contribution is -2.25. The Morgan fingerprint density at radius 2 is 1.38 bits per heavy atom. The van der Waals surface area contributed by atoms with Crippen molar-refractivity contribution in [2.45, 2.75) is 18.9 Å². The van der Waals surface area contributed by atoms with Crippen molar-refractivity contribution < 1.29 is 4.79 Å². The second-order valence-corrected chi connectivity index (χ2v) is 6.62. The van der Waals surface area contributed by atoms with Crippen molar-refractivity contribution >= 4 is 11.6 Å². The van der Waals surface area contributed by atoms with Gasteiger partial charge in [-0.15, -0.1) is 0 Å². The fourth-order valence-electron chi connectivity index (χ4n) is 3.64. The molecule has 128 valence electrons. The zero-order valence-electron chi connectivity index (χ0n) is 14.6. The summed E-state index contributed by atoms with van der Waals surface area (Å²) in [5.74, 6) is 0.149. The van der Waals surface area contributed by atoms with Crippen molar-refractivity contribution in [3.8, 4) is 11.1 Å². The molecule has 4 rings (SSSR count). The number of hydrogen-bond donors (Lipinski definition) is 0. The van der Waals surface area contributed by atoms with E-state index in [4.69, 9.17) is 0 Å². The Bertz CT molecular complexity index is 913. The Morgan fingerprint density at radius 1 is 0.808 bits per heavy atom. The second-order valence-electron chi connectivity index (χ2n) is 6.62. The van der Waals surface area contributed by atoms with E-state index in [0.717, 1.165) is 23.2 Å². The summed E-state index contributed by atoms with van der Waals surface area (Å²) in [6.07, 6.45) is 1.40. The molecule has 1 amide bonds. The number of carbonyl (C=O) groups excluding carboxylic acids is 1. The molecule has 3 aromatic rings. The molecule has 1 aliphatic rings. The highest BCUT2D eigenvalue weighted by Gasteiger charge is 2.34. The molecule has 2 heteroatoms. The van der Waals surface area contributed by atoms with Gasteiger partial charge in [-0.3, -0.25) is 4.79 Å². The molecule has 26 heavy (non-hydrogen) atoms. The van der Waals surface area contributed by atoms with Gasteiger partial charge >= 0.3 is 0 Å². The maximum Gasteiger partial charge on any atom is 0.227 e. The summed E-state index contributed by atoms with van der Waals surface area (Å²) in [4.78, 5) is 14.4. The third-order valence-corrected chi connectivity index (χ3v) is 5.01. The zero-order chi connectivity index (χ0) is 17.9. The highest BCUT2D eigenvalue weighted by Crippen LogP contribution is 2.38. The van der Waals surface area contributed by atoms with E-state index in [1.54, 1.807) is 0 Å². The fourth-order valence-corrected chi connectivity index (χ4v) is 3.64. The van der Waals surface area contributed by atoms with E-state index in [-0.39, 0.29) is 11.9 Å². The van der Waals surface area contributed by atoms with Gasteiger partial charge in [0.05, 0.1) is 6.04 Å². The minimum Gasteiger partial charge on any atom is -0.305 e. The molecule has 1 aliphatic heterocycles. The Morgan fingerprint density at radius 3 is 2.04 bits per heavy atom. The van der Waals surface area contributed by atoms with Crippen LogP contribution in [0.3, 0.4) is 0 Å². The molecule has 3 aromatic carbocycles. The quantitative estimate of drug-likeness (QED) is 0.598. The number of carbonyl (C=O) groups is 1. The van der Waals surface area contributed by atoms with Crippen molar-refractivity contribution in [3.63, 3.8) is 0 Å². The number of nitrogens with zero attached hydrogens (tertiary/aromatic N) is 1. The van der Waals surface area contributed by atoms with Gasteiger partial charge in [0.25, 0.3) is 0 Å². The molecule has 0 radical (unpaired) electrons. The Hall–Kier alpha value is -3.13. The predicted molar refractivity (Wildman–Crippen MR) is 106 cm³/mol. The summed E-state index contributed by atoms with van der Waals surface area (Å²) >= 11 is 0. The predicted octanol–water partition coefficient (Wildman–Crippen LogP) is 5.69. The molecule has 2 nitrogen and oxygen atoms in total. The molecule has 0 N–H and O–H groups in total. The summed E-state index contributed by atoms with van der Waals surface area (Å²) in [6.45, 7) is 4.20. The van der Waals surface area contributed by atoms with Crippen LogP contribution in [0.2, 0.25) is 0 Å². The van der Waals surface area contributed by atoms with Crippen molar-refractivity contribution in [1.82, 2.24) is 4.90 Å². The number of hydrogen-bond acceptors (Lipinski definition) is 1. The lowest BCUT2D eigenvalue weighted by atomic mass is 9.99. The average molecular weight is 339 g/mol. The maximum atomic E-state index is 12.5. The lowest BCUT2D eigenvalue weighted by Gasteiger charge is -2.27. The van der Waals surface area contributed by atoms with Crippen LogP contribution < -0.4 is 0 Å². The van der Waals surface area contributed by atoms with Crippen LogP contribution in [0, 0.1) is 0 Å². The molecule has 0 saturated carbocycles. The van der Waals surface area contributed by atoms with Crippen LogP contribution >= 0.6 is 0 Å². The number of rotatable bonds is 4. The van der Waals surface area contributed by atoms with E-state index < -0.39 is 0 Å². The van der Waals surface area contributed by atoms with E-state index in [0.29, 0.717) is 6.42 Å². The third-order valence-electron chi connectivity index (χ3n) is 5.01. The van der Waals surface area contributed by atoms with Gasteiger partial charge < -0.3 is 4.90 Å². The minimum atomic E-state index is 0.0556. The highest BCUT2D eigenvalue weighted by atomic mass is 16.2. The SMILES string of the molecule is C=C(c1ccccc1)N1C(=O)CCC1c1ccc(-c2ccccc2)cc1. The first kappa shape index (κ1) is 16.3. The molecule has 0 aliphatic carbocycles. The smallest absolute Gasteiger partial charge is 0.227 e. The molecule has 0 spiro atoms. The van der Waals surface area contributed by atoms with Crippen LogP contribution in [0.1, 0.15) is 30.0 Å². The average Bonchev–Trinajstić information content (AvgIpc) is 3.10. The molecule has 0 bridgehead atoms. The van der Waals surface area contributed by atoms with Gasteiger partial charge in [-0.05, 0) is 28.7 Å². The first-order valence-corrected chi connectivity index (χ1v) is 8.96. The van der Waals surface area contributed by atoms with Crippen LogP contribution in [0.25, 0.3) is 16.8 Å². The van der Waals surface area contributed by atoms with E-state index in [1.807, 2.05) is 53.4 Å². The van der Waals surface area contributed by atoms with E-state index >= 15 is 0 Å². The van der Waals surface area contributed by atoms with Crippen molar-refractivity contribution in [2.24, 2.45) is 0 Å². The molecule has 1 unspecified atom stereocenters. The third kappa shape index (κ3) is 3.06. The summed E-state index contributed by atoms with van der Waals surface area (Å²) in [7, 11) is 0. The monoisotopic (exact) mass is 339 g/mol. The largest absolute Gasteiger partial charge is 0.305 e. The van der Waals surface area contributed by atoms with Crippen LogP contribution in [-0.4, -0.2) is 10.8 Å². The highest BCUT2D eigenvalue weighted by molar-refractivity contribution is 5.88. The number of benzene rings is 3. The van der Waals surface area contributed by atoms with Crippen molar-refractivity contribution in [2.75, 3.05) is 0 Å². The molecule has 1 atom stereocenters. The molecule has 0 aromatic heterocycles. The number of amides is 1. The van der Waals surface area contributed by atoms with Crippen LogP contribution in [0.4, 0.5) is 0 Å². The van der Waals surface area contributed by atoms with Gasteiger partial charge in [-0.2, -0.15) is 0 Å². The van der Waals surface area contributed by atoms with Crippen LogP contribution in [-0.2, 0) is 4.79 Å². The standard InChI is InChI=1S/C24H21NO/c1-18(19-8-4-2-5-9-19)25-23(16-17-24(25)26)22-14-12-21(13-15-22)20-10-6-3-7-11-20/h2-15,23H,1,16-17H2. The van der Waals surface area contributed by atoms with E-state index in [9.17, 15) is 4.79 Å². The van der Waals surface area contributed by atoms with Gasteiger partial charge in [-0.25, -0.2) is 0 Å². The summed E-state index contributed by atoms with van der Waals surface area (Å²) < 4.78 is 0. The Labute approximate surface area is 154 Å². The van der Waals surface area contributed by atoms with Crippen molar-refractivity contribution in [3.05, 3.63) is 103 Å². The first-order valence-electron chi connectivity index (χ1n) is 8.96. The maximum absolute atomic E-state index is 12.5. The number of likely N-dealkylation sites (tertiary alicyclic amines) is 1. The molecule has 1 fully saturated rings. The summed E-state index contributed by atoms with van der Waals surface area (Å²) in [5, 5.41) is 0. The van der Waals surface area contributed by atoms with Crippen LogP contribution in [0.5, 0.6) is 0 Å². The van der Waals surface area contributed by atoms with Crippen molar-refractivity contribution in [1.29, 1.82) is 0 Å². The Balaban J connectivity index is 1.62. The van der Waals surface area contributed by atoms with E-state index in [1.165, 1.54) is 11.1 Å². The zero-order valence-corrected chi connectivity index (χ0v) is 14.6. The lowest BCUT2D eigenvalue weighted by molar-refractivity contribution is -0.125. The molecular weight excluding hydrogens is 318 g/mol. The van der Waals surface area contributed by atoms with Gasteiger partial charge in [0.15, 0.2) is 0 Å². The van der Waals surface area contributed by atoms with Gasteiger partial charge in [-0.1, -0.05) is 91.5 Å². The van der Waals surface area contributed by atoms with Gasteiger partial charge in [0, 0.05) is 12.1 Å². The molecular formula is C24H21NO. The topological polar surface area (TPSA) is 20.3 Å². The van der Waals surface area contributed by atoms with Crippen LogP contribution in [0.15, 0.2) is 91.5 Å². The minimum absolute atomic E-state index is 0.0556. The fraction of sp³-hybridized carbons (Fsp3) is 0.125. The molecule has 1 saturated heterocycles. The molecule has 1 heterocycles. The summed E-state index contributed by atoms with van der Waals surface area (Å²) in [6, 6.07) is 28.9. The van der Waals surface area contributed by atoms with Gasteiger partial charge in [0.1, 0.15) is 0 Å². The normalized spacial score (nSPS) is 16.7.